The number of halogens is 2. The van der Waals surface area contributed by atoms with E-state index in [1.54, 1.807) is 11.3 Å². The summed E-state index contributed by atoms with van der Waals surface area (Å²) in [5, 5.41) is 10.4. The molecule has 1 fully saturated rings. The number of hydrogen-bond acceptors (Lipinski definition) is 5. The van der Waals surface area contributed by atoms with Crippen molar-refractivity contribution in [1.82, 2.24) is 15.6 Å². The molecule has 1 unspecified atom stereocenters. The van der Waals surface area contributed by atoms with Crippen LogP contribution in [-0.4, -0.2) is 30.5 Å². The lowest BCUT2D eigenvalue weighted by atomic mass is 9.98. The fraction of sp³-hybridized carbons (Fsp3) is 0.444. The molecule has 2 aliphatic rings. The molecule has 5 nitrogen and oxygen atoms in total. The lowest BCUT2D eigenvalue weighted by Crippen LogP contribution is -2.22. The Kier molecular flexibility index (Phi) is 7.85. The van der Waals surface area contributed by atoms with E-state index >= 15 is 0 Å². The number of aromatic nitrogens is 1. The predicted molar refractivity (Wildman–Crippen MR) is 111 cm³/mol. The molecule has 8 heteroatoms. The normalized spacial score (nSPS) is 18.4. The van der Waals surface area contributed by atoms with Gasteiger partial charge in [0, 0.05) is 30.0 Å². The Bertz CT molecular complexity index is 706. The molecule has 1 aromatic carbocycles. The quantitative estimate of drug-likeness (QED) is 0.718. The molecule has 3 N–H and O–H groups in total. The zero-order chi connectivity index (χ0) is 16.4. The van der Waals surface area contributed by atoms with Gasteiger partial charge in [0.15, 0.2) is 5.13 Å². The summed E-state index contributed by atoms with van der Waals surface area (Å²) in [5.74, 6) is 0.642. The predicted octanol–water partition coefficient (Wildman–Crippen LogP) is 3.04. The molecule has 2 aromatic rings. The summed E-state index contributed by atoms with van der Waals surface area (Å²) in [6, 6.07) is 7.98. The van der Waals surface area contributed by atoms with Crippen LogP contribution in [0.15, 0.2) is 24.3 Å². The number of carbonyl (C=O) groups excluding carboxylic acids is 1. The highest BCUT2D eigenvalue weighted by molar-refractivity contribution is 7.15. The fourth-order valence-corrected chi connectivity index (χ4v) is 4.34. The molecule has 3 heterocycles. The number of hydrogen-bond donors (Lipinski definition) is 3. The van der Waals surface area contributed by atoms with Crippen LogP contribution in [0.4, 0.5) is 5.13 Å². The van der Waals surface area contributed by atoms with Crippen LogP contribution in [0.2, 0.25) is 0 Å². The number of nitrogens with zero attached hydrogens (tertiary/aromatic N) is 1. The summed E-state index contributed by atoms with van der Waals surface area (Å²) < 4.78 is 0. The van der Waals surface area contributed by atoms with E-state index in [1.807, 2.05) is 12.1 Å². The zero-order valence-electron chi connectivity index (χ0n) is 14.4. The van der Waals surface area contributed by atoms with E-state index in [4.69, 9.17) is 0 Å². The number of anilines is 1. The highest BCUT2D eigenvalue weighted by atomic mass is 35.5. The van der Waals surface area contributed by atoms with E-state index in [-0.39, 0.29) is 30.7 Å². The van der Waals surface area contributed by atoms with E-state index in [2.05, 4.69) is 33.1 Å². The molecule has 1 saturated heterocycles. The Hall–Kier alpha value is -1.18. The van der Waals surface area contributed by atoms with Crippen LogP contribution in [0, 0.1) is 5.92 Å². The van der Waals surface area contributed by atoms with Gasteiger partial charge in [-0.2, -0.15) is 0 Å². The van der Waals surface area contributed by atoms with Crippen molar-refractivity contribution in [3.63, 3.8) is 0 Å². The molecule has 1 aromatic heterocycles. The van der Waals surface area contributed by atoms with Crippen molar-refractivity contribution in [2.75, 3.05) is 25.0 Å². The van der Waals surface area contributed by atoms with Crippen LogP contribution in [0.3, 0.4) is 0 Å². The van der Waals surface area contributed by atoms with Crippen LogP contribution in [0.5, 0.6) is 0 Å². The first-order chi connectivity index (χ1) is 11.8. The van der Waals surface area contributed by atoms with E-state index in [9.17, 15) is 4.79 Å². The molecular formula is C18H24Cl2N4OS. The van der Waals surface area contributed by atoms with Crippen molar-refractivity contribution in [2.24, 2.45) is 5.92 Å². The van der Waals surface area contributed by atoms with Crippen molar-refractivity contribution in [3.05, 3.63) is 46.0 Å². The first kappa shape index (κ1) is 21.1. The first-order valence-corrected chi connectivity index (χ1v) is 9.40. The number of benzene rings is 1. The lowest BCUT2D eigenvalue weighted by molar-refractivity contribution is 0.102. The van der Waals surface area contributed by atoms with Crippen molar-refractivity contribution in [3.8, 4) is 0 Å². The van der Waals surface area contributed by atoms with Gasteiger partial charge in [0.05, 0.1) is 5.69 Å². The van der Waals surface area contributed by atoms with Crippen LogP contribution in [0.1, 0.15) is 32.9 Å². The number of fused-ring (bicyclic) bond motifs is 1. The van der Waals surface area contributed by atoms with Gasteiger partial charge in [-0.3, -0.25) is 10.1 Å². The van der Waals surface area contributed by atoms with Gasteiger partial charge in [-0.25, -0.2) is 4.98 Å². The van der Waals surface area contributed by atoms with E-state index < -0.39 is 0 Å². The number of nitrogens with one attached hydrogen (secondary N) is 3. The minimum Gasteiger partial charge on any atom is -0.316 e. The van der Waals surface area contributed by atoms with E-state index in [1.165, 1.54) is 16.9 Å². The minimum atomic E-state index is -0.0804. The molecule has 0 aliphatic carbocycles. The Labute approximate surface area is 170 Å². The van der Waals surface area contributed by atoms with Gasteiger partial charge in [-0.1, -0.05) is 12.1 Å². The molecule has 142 valence electrons. The van der Waals surface area contributed by atoms with Crippen molar-refractivity contribution in [1.29, 1.82) is 0 Å². The SMILES string of the molecule is Cl.Cl.O=C(Nc1nc2c(s1)CNCC2)c1ccc(CC2CCNC2)cc1. The van der Waals surface area contributed by atoms with Gasteiger partial charge in [0.1, 0.15) is 0 Å². The molecule has 1 atom stereocenters. The van der Waals surface area contributed by atoms with Crippen LogP contribution >= 0.6 is 36.2 Å². The lowest BCUT2D eigenvalue weighted by Gasteiger charge is -2.09. The largest absolute Gasteiger partial charge is 0.316 e. The van der Waals surface area contributed by atoms with E-state index in [0.29, 0.717) is 10.7 Å². The molecule has 0 radical (unpaired) electrons. The molecule has 4 rings (SSSR count). The maximum atomic E-state index is 12.4. The molecule has 26 heavy (non-hydrogen) atoms. The maximum Gasteiger partial charge on any atom is 0.257 e. The summed E-state index contributed by atoms with van der Waals surface area (Å²) in [6.45, 7) is 4.04. The topological polar surface area (TPSA) is 66.0 Å². The van der Waals surface area contributed by atoms with Gasteiger partial charge in [-0.15, -0.1) is 36.2 Å². The van der Waals surface area contributed by atoms with Crippen molar-refractivity contribution < 1.29 is 4.79 Å². The summed E-state index contributed by atoms with van der Waals surface area (Å²) in [6.07, 6.45) is 3.26. The van der Waals surface area contributed by atoms with Crippen LogP contribution in [0.25, 0.3) is 0 Å². The Morgan fingerprint density at radius 1 is 1.19 bits per heavy atom. The Morgan fingerprint density at radius 2 is 2.00 bits per heavy atom. The molecule has 1 amide bonds. The monoisotopic (exact) mass is 414 g/mol. The van der Waals surface area contributed by atoms with Gasteiger partial charge < -0.3 is 10.6 Å². The molecule has 0 bridgehead atoms. The Balaban J connectivity index is 0.00000121. The zero-order valence-corrected chi connectivity index (χ0v) is 16.9. The second-order valence-electron chi connectivity index (χ2n) is 6.53. The highest BCUT2D eigenvalue weighted by Gasteiger charge is 2.17. The van der Waals surface area contributed by atoms with Crippen LogP contribution in [-0.2, 0) is 19.4 Å². The molecule has 0 saturated carbocycles. The second kappa shape index (κ2) is 9.67. The number of thiazole rings is 1. The minimum absolute atomic E-state index is 0. The summed E-state index contributed by atoms with van der Waals surface area (Å²) in [5.41, 5.74) is 3.11. The third-order valence-electron chi connectivity index (χ3n) is 4.73. The van der Waals surface area contributed by atoms with E-state index in [0.717, 1.165) is 50.6 Å². The smallest absolute Gasteiger partial charge is 0.257 e. The maximum absolute atomic E-state index is 12.4. The standard InChI is InChI=1S/C18H22N4OS.2ClH/c23-17(22-18-21-15-6-8-20-11-16(15)24-18)14-3-1-12(2-4-14)9-13-5-7-19-10-13;;/h1-4,13,19-20H,5-11H2,(H,21,22,23);2*1H. The Morgan fingerprint density at radius 3 is 2.69 bits per heavy atom. The fourth-order valence-electron chi connectivity index (χ4n) is 3.36. The van der Waals surface area contributed by atoms with Crippen molar-refractivity contribution in [2.45, 2.75) is 25.8 Å². The second-order valence-corrected chi connectivity index (χ2v) is 7.61. The van der Waals surface area contributed by atoms with Gasteiger partial charge in [-0.05, 0) is 49.5 Å². The average molecular weight is 415 g/mol. The third kappa shape index (κ3) is 4.96. The molecule has 2 aliphatic heterocycles. The molecular weight excluding hydrogens is 391 g/mol. The third-order valence-corrected chi connectivity index (χ3v) is 5.74. The number of amides is 1. The number of carbonyl (C=O) groups is 1. The molecule has 0 spiro atoms. The average Bonchev–Trinajstić information content (AvgIpc) is 3.24. The van der Waals surface area contributed by atoms with Gasteiger partial charge in [0.2, 0.25) is 0 Å². The summed E-state index contributed by atoms with van der Waals surface area (Å²) in [7, 11) is 0. The summed E-state index contributed by atoms with van der Waals surface area (Å²) in [4.78, 5) is 18.2. The summed E-state index contributed by atoms with van der Waals surface area (Å²) >= 11 is 1.57. The van der Waals surface area contributed by atoms with Gasteiger partial charge in [0.25, 0.3) is 5.91 Å². The van der Waals surface area contributed by atoms with Crippen LogP contribution < -0.4 is 16.0 Å². The van der Waals surface area contributed by atoms with Crippen molar-refractivity contribution >= 4 is 47.2 Å². The number of rotatable bonds is 4. The first-order valence-electron chi connectivity index (χ1n) is 8.58. The van der Waals surface area contributed by atoms with Gasteiger partial charge >= 0.3 is 0 Å². The highest BCUT2D eigenvalue weighted by Crippen LogP contribution is 2.25.